The lowest BCUT2D eigenvalue weighted by Crippen LogP contribution is -2.09. The van der Waals surface area contributed by atoms with Crippen molar-refractivity contribution in [3.05, 3.63) is 57.8 Å². The van der Waals surface area contributed by atoms with Crippen LogP contribution in [0.5, 0.6) is 0 Å². The van der Waals surface area contributed by atoms with Crippen LogP contribution in [-0.2, 0) is 11.3 Å². The molecule has 0 radical (unpaired) electrons. The van der Waals surface area contributed by atoms with Crippen LogP contribution in [0.4, 0.5) is 10.2 Å². The quantitative estimate of drug-likeness (QED) is 0.483. The molecule has 2 aromatic rings. The minimum absolute atomic E-state index is 0.0730. The van der Waals surface area contributed by atoms with Crippen molar-refractivity contribution in [1.29, 1.82) is 0 Å². The minimum atomic E-state index is -0.672. The number of benzene rings is 1. The van der Waals surface area contributed by atoms with Gasteiger partial charge < -0.3 is 19.4 Å². The van der Waals surface area contributed by atoms with Gasteiger partial charge in [0.2, 0.25) is 6.33 Å². The summed E-state index contributed by atoms with van der Waals surface area (Å²) in [5.41, 5.74) is 0.550. The van der Waals surface area contributed by atoms with Crippen LogP contribution < -0.4 is 0 Å². The normalized spacial score (nSPS) is 10.3. The molecular weight excluding hydrogens is 269 g/mol. The monoisotopic (exact) mass is 279 g/mol. The molecule has 1 aromatic carbocycles. The zero-order valence-electron chi connectivity index (χ0n) is 10.4. The van der Waals surface area contributed by atoms with Gasteiger partial charge in [-0.2, -0.15) is 0 Å². The Labute approximate surface area is 112 Å². The number of carbonyl (C=O) groups excluding carboxylic acids is 1. The number of nitro groups is 1. The smallest absolute Gasteiger partial charge is 0.381 e. The molecule has 1 heterocycles. The summed E-state index contributed by atoms with van der Waals surface area (Å²) in [6.45, 7) is 0.144. The van der Waals surface area contributed by atoms with Gasteiger partial charge in [0, 0.05) is 0 Å². The van der Waals surface area contributed by atoms with Gasteiger partial charge in [0.05, 0.1) is 19.2 Å². The molecule has 0 saturated heterocycles. The first-order valence-electron chi connectivity index (χ1n) is 5.54. The van der Waals surface area contributed by atoms with Gasteiger partial charge in [0.25, 0.3) is 0 Å². The molecule has 0 unspecified atom stereocenters. The second kappa shape index (κ2) is 5.47. The van der Waals surface area contributed by atoms with E-state index < -0.39 is 16.7 Å². The Kier molecular flexibility index (Phi) is 3.74. The number of hydrogen-bond acceptors (Lipinski definition) is 5. The van der Waals surface area contributed by atoms with Gasteiger partial charge in [0.1, 0.15) is 12.0 Å². The van der Waals surface area contributed by atoms with Crippen molar-refractivity contribution >= 4 is 11.8 Å². The molecule has 1 aromatic heterocycles. The molecule has 7 nitrogen and oxygen atoms in total. The molecule has 0 fully saturated rings. The number of esters is 1. The number of carbonyl (C=O) groups is 1. The lowest BCUT2D eigenvalue weighted by atomic mass is 10.1. The van der Waals surface area contributed by atoms with Crippen LogP contribution in [0.2, 0.25) is 0 Å². The third-order valence-corrected chi connectivity index (χ3v) is 2.64. The molecule has 104 valence electrons. The van der Waals surface area contributed by atoms with Gasteiger partial charge in [-0.25, -0.2) is 9.18 Å². The molecule has 2 rings (SSSR count). The predicted molar refractivity (Wildman–Crippen MR) is 65.7 cm³/mol. The zero-order chi connectivity index (χ0) is 14.7. The van der Waals surface area contributed by atoms with Crippen molar-refractivity contribution in [1.82, 2.24) is 9.55 Å². The van der Waals surface area contributed by atoms with Crippen LogP contribution in [0.1, 0.15) is 15.9 Å². The number of hydrogen-bond donors (Lipinski definition) is 0. The van der Waals surface area contributed by atoms with Crippen LogP contribution in [0.3, 0.4) is 0 Å². The fourth-order valence-corrected chi connectivity index (χ4v) is 1.71. The second-order valence-electron chi connectivity index (χ2n) is 3.95. The highest BCUT2D eigenvalue weighted by molar-refractivity contribution is 5.91. The van der Waals surface area contributed by atoms with E-state index in [4.69, 9.17) is 0 Å². The Morgan fingerprint density at radius 1 is 1.55 bits per heavy atom. The molecule has 0 aliphatic carbocycles. The Balaban J connectivity index is 2.32. The number of methoxy groups -OCH3 is 1. The highest BCUT2D eigenvalue weighted by Crippen LogP contribution is 2.15. The molecular formula is C12H10FN3O4. The fourth-order valence-electron chi connectivity index (χ4n) is 1.71. The molecule has 0 aliphatic rings. The maximum Gasteiger partial charge on any atom is 0.381 e. The van der Waals surface area contributed by atoms with Gasteiger partial charge in [-0.3, -0.25) is 0 Å². The van der Waals surface area contributed by atoms with E-state index in [1.54, 1.807) is 0 Å². The number of rotatable bonds is 4. The molecule has 0 atom stereocenters. The van der Waals surface area contributed by atoms with Gasteiger partial charge >= 0.3 is 11.8 Å². The summed E-state index contributed by atoms with van der Waals surface area (Å²) in [5, 5.41) is 10.5. The third-order valence-electron chi connectivity index (χ3n) is 2.64. The fraction of sp³-hybridized carbons (Fsp3) is 0.167. The summed E-state index contributed by atoms with van der Waals surface area (Å²) in [4.78, 5) is 25.1. The number of halogens is 1. The molecule has 0 amide bonds. The van der Waals surface area contributed by atoms with Crippen LogP contribution in [0.15, 0.2) is 30.7 Å². The van der Waals surface area contributed by atoms with E-state index in [2.05, 4.69) is 9.72 Å². The SMILES string of the molecule is COC(=O)c1cc(F)ccc1Cn1cnc([N+](=O)[O-])c1. The topological polar surface area (TPSA) is 87.3 Å². The standard InChI is InChI=1S/C12H10FN3O4/c1-20-12(17)10-4-9(13)3-2-8(10)5-15-6-11(14-7-15)16(18)19/h2-4,6-7H,5H2,1H3. The van der Waals surface area contributed by atoms with E-state index in [0.29, 0.717) is 5.56 Å². The first kappa shape index (κ1) is 13.7. The number of ether oxygens (including phenoxy) is 1. The summed E-state index contributed by atoms with van der Waals surface area (Å²) in [7, 11) is 1.19. The van der Waals surface area contributed by atoms with Gasteiger partial charge in [-0.1, -0.05) is 6.07 Å². The van der Waals surface area contributed by atoms with E-state index in [1.165, 1.54) is 36.3 Å². The number of aromatic nitrogens is 2. The van der Waals surface area contributed by atoms with Crippen LogP contribution in [0, 0.1) is 15.9 Å². The van der Waals surface area contributed by atoms with E-state index in [9.17, 15) is 19.3 Å². The maximum atomic E-state index is 13.2. The van der Waals surface area contributed by atoms with Crippen molar-refractivity contribution in [3.8, 4) is 0 Å². The average Bonchev–Trinajstić information content (AvgIpc) is 2.88. The van der Waals surface area contributed by atoms with Gasteiger partial charge in [-0.15, -0.1) is 0 Å². The highest BCUT2D eigenvalue weighted by atomic mass is 19.1. The Hall–Kier alpha value is -2.77. The van der Waals surface area contributed by atoms with Crippen molar-refractivity contribution in [2.45, 2.75) is 6.54 Å². The maximum absolute atomic E-state index is 13.2. The first-order chi connectivity index (χ1) is 9.51. The highest BCUT2D eigenvalue weighted by Gasteiger charge is 2.15. The summed E-state index contributed by atoms with van der Waals surface area (Å²) >= 11 is 0. The van der Waals surface area contributed by atoms with Crippen molar-refractivity contribution in [2.75, 3.05) is 7.11 Å². The van der Waals surface area contributed by atoms with E-state index in [-0.39, 0.29) is 17.9 Å². The zero-order valence-corrected chi connectivity index (χ0v) is 10.4. The molecule has 0 bridgehead atoms. The average molecular weight is 279 g/mol. The van der Waals surface area contributed by atoms with Crippen molar-refractivity contribution in [3.63, 3.8) is 0 Å². The van der Waals surface area contributed by atoms with E-state index in [0.717, 1.165) is 6.07 Å². The number of nitrogens with zero attached hydrogens (tertiary/aromatic N) is 3. The van der Waals surface area contributed by atoms with Gasteiger partial charge in [0.15, 0.2) is 0 Å². The van der Waals surface area contributed by atoms with E-state index >= 15 is 0 Å². The molecule has 0 saturated carbocycles. The second-order valence-corrected chi connectivity index (χ2v) is 3.95. The first-order valence-corrected chi connectivity index (χ1v) is 5.54. The van der Waals surface area contributed by atoms with Crippen molar-refractivity contribution in [2.24, 2.45) is 0 Å². The Bertz CT molecular complexity index is 668. The molecule has 0 aliphatic heterocycles. The van der Waals surface area contributed by atoms with Crippen LogP contribution >= 0.6 is 0 Å². The van der Waals surface area contributed by atoms with Crippen LogP contribution in [-0.4, -0.2) is 27.6 Å². The summed E-state index contributed by atoms with van der Waals surface area (Å²) in [6, 6.07) is 3.69. The summed E-state index contributed by atoms with van der Waals surface area (Å²) < 4.78 is 19.2. The Morgan fingerprint density at radius 3 is 2.90 bits per heavy atom. The largest absolute Gasteiger partial charge is 0.465 e. The van der Waals surface area contributed by atoms with Gasteiger partial charge in [-0.05, 0) is 27.6 Å². The summed E-state index contributed by atoms with van der Waals surface area (Å²) in [5.74, 6) is -1.54. The van der Waals surface area contributed by atoms with Crippen molar-refractivity contribution < 1.29 is 18.8 Å². The predicted octanol–water partition coefficient (Wildman–Crippen LogP) is 1.77. The number of imidazole rings is 1. The molecule has 8 heteroatoms. The minimum Gasteiger partial charge on any atom is -0.465 e. The third kappa shape index (κ3) is 2.79. The molecule has 0 spiro atoms. The van der Waals surface area contributed by atoms with Crippen LogP contribution in [0.25, 0.3) is 0 Å². The molecule has 0 N–H and O–H groups in total. The lowest BCUT2D eigenvalue weighted by Gasteiger charge is -2.07. The lowest BCUT2D eigenvalue weighted by molar-refractivity contribution is -0.389. The molecule has 20 heavy (non-hydrogen) atoms. The summed E-state index contributed by atoms with van der Waals surface area (Å²) in [6.07, 6.45) is 2.49. The Morgan fingerprint density at radius 2 is 2.30 bits per heavy atom. The van der Waals surface area contributed by atoms with E-state index in [1.807, 2.05) is 0 Å².